The summed E-state index contributed by atoms with van der Waals surface area (Å²) in [5, 5.41) is 10.9. The number of carbonyl (C=O) groups excluding carboxylic acids is 3. The molecule has 6 atom stereocenters. The Hall–Kier alpha value is -3.20. The number of para-hydroxylation sites is 1. The first-order valence-corrected chi connectivity index (χ1v) is 13.7. The molecule has 2 aromatic rings. The first-order valence-electron chi connectivity index (χ1n) is 13.4. The zero-order valence-electron chi connectivity index (χ0n) is 21.9. The zero-order valence-corrected chi connectivity index (χ0v) is 22.6. The van der Waals surface area contributed by atoms with Crippen LogP contribution in [0.5, 0.6) is 0 Å². The van der Waals surface area contributed by atoms with Gasteiger partial charge in [0.1, 0.15) is 11.6 Å². The number of hydrogen-bond donors (Lipinski definition) is 1. The molecule has 9 heteroatoms. The highest BCUT2D eigenvalue weighted by atomic mass is 35.5. The summed E-state index contributed by atoms with van der Waals surface area (Å²) < 4.78 is 11.8. The lowest BCUT2D eigenvalue weighted by Gasteiger charge is -2.39. The van der Waals surface area contributed by atoms with Gasteiger partial charge in [-0.15, -0.1) is 6.58 Å². The number of aliphatic hydroxyl groups is 1. The first kappa shape index (κ1) is 27.4. The lowest BCUT2D eigenvalue weighted by atomic mass is 9.70. The monoisotopic (exact) mass is 552 g/mol. The molecule has 0 aromatic heterocycles. The van der Waals surface area contributed by atoms with Crippen molar-refractivity contribution in [2.45, 2.75) is 50.0 Å². The van der Waals surface area contributed by atoms with Crippen LogP contribution in [0, 0.1) is 11.8 Å². The third kappa shape index (κ3) is 4.54. The average Bonchev–Trinajstić information content (AvgIpc) is 3.59. The van der Waals surface area contributed by atoms with Gasteiger partial charge < -0.3 is 24.4 Å². The van der Waals surface area contributed by atoms with Crippen LogP contribution in [0.25, 0.3) is 0 Å². The fourth-order valence-corrected chi connectivity index (χ4v) is 6.90. The van der Waals surface area contributed by atoms with Crippen molar-refractivity contribution < 1.29 is 29.0 Å². The SMILES string of the molecule is C=CCN(C(=O)C1N([C@@H](CO)Cc2ccccc2)C(=O)[C@@H]2[C@H](C(=O)OCC)[C@@H]3CCC12O3)c1ccccc1Cl. The predicted molar refractivity (Wildman–Crippen MR) is 146 cm³/mol. The molecule has 3 aliphatic rings. The van der Waals surface area contributed by atoms with Crippen LogP contribution in [0.4, 0.5) is 5.69 Å². The van der Waals surface area contributed by atoms with Crippen molar-refractivity contribution in [3.05, 3.63) is 77.8 Å². The minimum absolute atomic E-state index is 0.148. The van der Waals surface area contributed by atoms with Crippen molar-refractivity contribution in [3.8, 4) is 0 Å². The number of anilines is 1. The van der Waals surface area contributed by atoms with E-state index in [9.17, 15) is 19.5 Å². The molecule has 2 unspecified atom stereocenters. The smallest absolute Gasteiger partial charge is 0.312 e. The van der Waals surface area contributed by atoms with E-state index >= 15 is 0 Å². The normalized spacial score (nSPS) is 27.8. The van der Waals surface area contributed by atoms with E-state index < -0.39 is 47.5 Å². The molecule has 3 fully saturated rings. The van der Waals surface area contributed by atoms with Crippen molar-refractivity contribution >= 4 is 35.1 Å². The summed E-state index contributed by atoms with van der Waals surface area (Å²) in [6, 6.07) is 14.7. The standard InChI is InChI=1S/C30H33ClN2O6/c1-3-16-32(22-13-9-8-12-21(22)31)28(36)26-30-15-14-23(39-30)24(29(37)38-4-2)25(30)27(35)33(26)20(18-34)17-19-10-6-5-7-11-19/h3,5-13,20,23-26,34H,1,4,14-18H2,2H3/t20-,23+,24-,25+,26?,30?/m1/s1. The van der Waals surface area contributed by atoms with Crippen LogP contribution >= 0.6 is 11.6 Å². The molecule has 2 bridgehead atoms. The number of esters is 1. The van der Waals surface area contributed by atoms with Gasteiger partial charge in [0, 0.05) is 6.54 Å². The Labute approximate surface area is 233 Å². The molecule has 2 amide bonds. The predicted octanol–water partition coefficient (Wildman–Crippen LogP) is 3.40. The number of nitrogens with zero attached hydrogens (tertiary/aromatic N) is 2. The quantitative estimate of drug-likeness (QED) is 0.358. The molecular formula is C30H33ClN2O6. The number of fused-ring (bicyclic) bond motifs is 1. The van der Waals surface area contributed by atoms with Crippen LogP contribution in [-0.2, 0) is 30.3 Å². The van der Waals surface area contributed by atoms with E-state index in [1.165, 1.54) is 9.80 Å². The molecule has 3 saturated heterocycles. The fourth-order valence-electron chi connectivity index (χ4n) is 6.66. The van der Waals surface area contributed by atoms with Crippen LogP contribution in [0.2, 0.25) is 5.02 Å². The first-order chi connectivity index (χ1) is 18.9. The number of halogens is 1. The maximum atomic E-state index is 14.6. The molecule has 1 spiro atoms. The van der Waals surface area contributed by atoms with Gasteiger partial charge in [-0.1, -0.05) is 60.1 Å². The molecule has 5 rings (SSSR count). The Morgan fingerprint density at radius 2 is 1.97 bits per heavy atom. The highest BCUT2D eigenvalue weighted by Gasteiger charge is 2.75. The summed E-state index contributed by atoms with van der Waals surface area (Å²) in [7, 11) is 0. The van der Waals surface area contributed by atoms with Gasteiger partial charge in [-0.2, -0.15) is 0 Å². The van der Waals surface area contributed by atoms with Gasteiger partial charge in [-0.3, -0.25) is 14.4 Å². The number of rotatable bonds is 10. The van der Waals surface area contributed by atoms with Gasteiger partial charge in [0.05, 0.1) is 47.9 Å². The molecule has 1 N–H and O–H groups in total. The van der Waals surface area contributed by atoms with E-state index in [0.29, 0.717) is 30.0 Å². The molecule has 0 radical (unpaired) electrons. The minimum atomic E-state index is -1.22. The second-order valence-electron chi connectivity index (χ2n) is 10.3. The Kier molecular flexibility index (Phi) is 7.80. The van der Waals surface area contributed by atoms with Gasteiger partial charge >= 0.3 is 5.97 Å². The zero-order chi connectivity index (χ0) is 27.7. The van der Waals surface area contributed by atoms with Crippen LogP contribution in [-0.4, -0.2) is 71.3 Å². The summed E-state index contributed by atoms with van der Waals surface area (Å²) in [5.41, 5.74) is 0.168. The summed E-state index contributed by atoms with van der Waals surface area (Å²) in [4.78, 5) is 44.9. The second-order valence-corrected chi connectivity index (χ2v) is 10.7. The Morgan fingerprint density at radius 3 is 2.64 bits per heavy atom. The van der Waals surface area contributed by atoms with Crippen molar-refractivity contribution in [2.24, 2.45) is 11.8 Å². The summed E-state index contributed by atoms with van der Waals surface area (Å²) in [5.74, 6) is -2.95. The van der Waals surface area contributed by atoms with E-state index in [-0.39, 0.29) is 25.7 Å². The second kappa shape index (κ2) is 11.1. The van der Waals surface area contributed by atoms with Crippen LogP contribution in [0.1, 0.15) is 25.3 Å². The highest BCUT2D eigenvalue weighted by molar-refractivity contribution is 6.34. The largest absolute Gasteiger partial charge is 0.466 e. The fraction of sp³-hybridized carbons (Fsp3) is 0.433. The number of benzene rings is 2. The maximum absolute atomic E-state index is 14.6. The van der Waals surface area contributed by atoms with Gasteiger partial charge in [0.2, 0.25) is 5.91 Å². The van der Waals surface area contributed by atoms with Crippen molar-refractivity contribution in [1.82, 2.24) is 4.90 Å². The highest BCUT2D eigenvalue weighted by Crippen LogP contribution is 2.59. The number of aliphatic hydroxyl groups excluding tert-OH is 1. The molecule has 0 saturated carbocycles. The summed E-state index contributed by atoms with van der Waals surface area (Å²) >= 11 is 6.51. The number of carbonyl (C=O) groups is 3. The van der Waals surface area contributed by atoms with Gasteiger partial charge in [-0.25, -0.2) is 0 Å². The van der Waals surface area contributed by atoms with Gasteiger partial charge in [-0.05, 0) is 43.9 Å². The topological polar surface area (TPSA) is 96.4 Å². The Bertz CT molecular complexity index is 1260. The lowest BCUT2D eigenvalue weighted by molar-refractivity contribution is -0.155. The Morgan fingerprint density at radius 1 is 1.26 bits per heavy atom. The Balaban J connectivity index is 1.61. The van der Waals surface area contributed by atoms with Gasteiger partial charge in [0.15, 0.2) is 0 Å². The van der Waals surface area contributed by atoms with Crippen LogP contribution < -0.4 is 4.90 Å². The van der Waals surface area contributed by atoms with E-state index in [1.54, 1.807) is 37.3 Å². The molecule has 39 heavy (non-hydrogen) atoms. The molecule has 2 aromatic carbocycles. The van der Waals surface area contributed by atoms with E-state index in [0.717, 1.165) is 5.56 Å². The third-order valence-corrected chi connectivity index (χ3v) is 8.49. The maximum Gasteiger partial charge on any atom is 0.312 e. The summed E-state index contributed by atoms with van der Waals surface area (Å²) in [6.45, 7) is 5.50. The molecule has 3 aliphatic heterocycles. The molecule has 3 heterocycles. The number of likely N-dealkylation sites (tertiary alicyclic amines) is 1. The average molecular weight is 553 g/mol. The van der Waals surface area contributed by atoms with Crippen LogP contribution in [0.3, 0.4) is 0 Å². The van der Waals surface area contributed by atoms with E-state index in [1.807, 2.05) is 30.3 Å². The van der Waals surface area contributed by atoms with Gasteiger partial charge in [0.25, 0.3) is 5.91 Å². The minimum Gasteiger partial charge on any atom is -0.466 e. The van der Waals surface area contributed by atoms with E-state index in [4.69, 9.17) is 21.1 Å². The third-order valence-electron chi connectivity index (χ3n) is 8.17. The van der Waals surface area contributed by atoms with E-state index in [2.05, 4.69) is 6.58 Å². The van der Waals surface area contributed by atoms with Crippen LogP contribution in [0.15, 0.2) is 67.3 Å². The number of ether oxygens (including phenoxy) is 2. The van der Waals surface area contributed by atoms with Crippen molar-refractivity contribution in [1.29, 1.82) is 0 Å². The molecule has 0 aliphatic carbocycles. The summed E-state index contributed by atoms with van der Waals surface area (Å²) in [6.07, 6.45) is 2.38. The van der Waals surface area contributed by atoms with Crippen molar-refractivity contribution in [2.75, 3.05) is 24.7 Å². The molecule has 206 valence electrons. The number of hydrogen-bond acceptors (Lipinski definition) is 6. The number of amides is 2. The molecular weight excluding hydrogens is 520 g/mol. The van der Waals surface area contributed by atoms with Crippen molar-refractivity contribution in [3.63, 3.8) is 0 Å². The molecule has 8 nitrogen and oxygen atoms in total. The lowest BCUT2D eigenvalue weighted by Crippen LogP contribution is -2.59.